The van der Waals surface area contributed by atoms with Crippen LogP contribution in [0.2, 0.25) is 0 Å². The van der Waals surface area contributed by atoms with Gasteiger partial charge in [0.1, 0.15) is 0 Å². The molecule has 3 heterocycles. The number of likely N-dealkylation sites (tertiary alicyclic amines) is 1. The number of hydrogen-bond acceptors (Lipinski definition) is 5. The zero-order valence-corrected chi connectivity index (χ0v) is 12.4. The Labute approximate surface area is 127 Å². The van der Waals surface area contributed by atoms with Crippen LogP contribution in [0.15, 0.2) is 34.2 Å². The van der Waals surface area contributed by atoms with Crippen molar-refractivity contribution in [2.45, 2.75) is 18.8 Å². The zero-order valence-electron chi connectivity index (χ0n) is 11.6. The Morgan fingerprint density at radius 1 is 1.48 bits per heavy atom. The van der Waals surface area contributed by atoms with Crippen molar-refractivity contribution >= 4 is 29.2 Å². The van der Waals surface area contributed by atoms with Crippen LogP contribution in [-0.4, -0.2) is 29.1 Å². The standard InChI is InChI=1S/C15H17N3O2S/c16-14-10-13(17-20-14)11-5-7-18(8-6-11)15(19)4-3-12-2-1-9-21-12/h1-4,9-11H,5-8,16H2. The predicted molar refractivity (Wildman–Crippen MR) is 82.8 cm³/mol. The number of hydrogen-bond donors (Lipinski definition) is 1. The number of nitrogen functional groups attached to an aromatic ring is 1. The van der Waals surface area contributed by atoms with Gasteiger partial charge in [-0.1, -0.05) is 11.2 Å². The second kappa shape index (κ2) is 6.13. The number of piperidine rings is 1. The summed E-state index contributed by atoms with van der Waals surface area (Å²) < 4.78 is 4.91. The van der Waals surface area contributed by atoms with Crippen molar-refractivity contribution in [3.05, 3.63) is 40.2 Å². The van der Waals surface area contributed by atoms with Gasteiger partial charge in [0.25, 0.3) is 0 Å². The number of aromatic nitrogens is 1. The number of anilines is 1. The fraction of sp³-hybridized carbons (Fsp3) is 0.333. The van der Waals surface area contributed by atoms with E-state index in [1.165, 1.54) is 0 Å². The van der Waals surface area contributed by atoms with Crippen LogP contribution < -0.4 is 5.73 Å². The van der Waals surface area contributed by atoms with Gasteiger partial charge in [0.15, 0.2) is 0 Å². The Morgan fingerprint density at radius 3 is 2.90 bits per heavy atom. The van der Waals surface area contributed by atoms with Crippen molar-refractivity contribution in [2.24, 2.45) is 0 Å². The average molecular weight is 303 g/mol. The molecule has 110 valence electrons. The molecule has 2 N–H and O–H groups in total. The van der Waals surface area contributed by atoms with Gasteiger partial charge in [0.05, 0.1) is 5.69 Å². The summed E-state index contributed by atoms with van der Waals surface area (Å²) in [5, 5.41) is 5.96. The largest absolute Gasteiger partial charge is 0.368 e. The third-order valence-electron chi connectivity index (χ3n) is 3.70. The molecule has 2 aromatic heterocycles. The number of nitrogens with two attached hydrogens (primary N) is 1. The second-order valence-corrected chi connectivity index (χ2v) is 6.08. The SMILES string of the molecule is Nc1cc(C2CCN(C(=O)C=Cc3cccs3)CC2)no1. The van der Waals surface area contributed by atoms with Gasteiger partial charge in [0, 0.05) is 36.0 Å². The highest BCUT2D eigenvalue weighted by molar-refractivity contribution is 7.10. The molecule has 0 aromatic carbocycles. The van der Waals surface area contributed by atoms with E-state index in [0.29, 0.717) is 11.8 Å². The fourth-order valence-electron chi connectivity index (χ4n) is 2.54. The maximum Gasteiger partial charge on any atom is 0.246 e. The molecule has 0 atom stereocenters. The van der Waals surface area contributed by atoms with Crippen molar-refractivity contribution in [3.63, 3.8) is 0 Å². The van der Waals surface area contributed by atoms with Crippen LogP contribution in [-0.2, 0) is 4.79 Å². The summed E-state index contributed by atoms with van der Waals surface area (Å²) in [6.45, 7) is 1.48. The number of nitrogens with zero attached hydrogens (tertiary/aromatic N) is 2. The molecule has 0 radical (unpaired) electrons. The minimum absolute atomic E-state index is 0.0708. The summed E-state index contributed by atoms with van der Waals surface area (Å²) in [5.41, 5.74) is 6.44. The van der Waals surface area contributed by atoms with E-state index < -0.39 is 0 Å². The van der Waals surface area contributed by atoms with Gasteiger partial charge in [-0.15, -0.1) is 11.3 Å². The van der Waals surface area contributed by atoms with Gasteiger partial charge in [0.2, 0.25) is 11.8 Å². The maximum absolute atomic E-state index is 12.1. The molecule has 21 heavy (non-hydrogen) atoms. The number of carbonyl (C=O) groups is 1. The van der Waals surface area contributed by atoms with Crippen molar-refractivity contribution in [3.8, 4) is 0 Å². The monoisotopic (exact) mass is 303 g/mol. The third-order valence-corrected chi connectivity index (χ3v) is 4.54. The first-order valence-electron chi connectivity index (χ1n) is 6.95. The van der Waals surface area contributed by atoms with Crippen LogP contribution in [0.5, 0.6) is 0 Å². The van der Waals surface area contributed by atoms with Crippen LogP contribution in [0.1, 0.15) is 29.3 Å². The molecular weight excluding hydrogens is 286 g/mol. The number of thiophene rings is 1. The Hall–Kier alpha value is -2.08. The Morgan fingerprint density at radius 2 is 2.29 bits per heavy atom. The van der Waals surface area contributed by atoms with Crippen LogP contribution in [0.25, 0.3) is 6.08 Å². The van der Waals surface area contributed by atoms with Crippen LogP contribution in [0.4, 0.5) is 5.88 Å². The highest BCUT2D eigenvalue weighted by atomic mass is 32.1. The summed E-state index contributed by atoms with van der Waals surface area (Å²) in [5.74, 6) is 0.750. The lowest BCUT2D eigenvalue weighted by molar-refractivity contribution is -0.126. The number of carbonyl (C=O) groups excluding carboxylic acids is 1. The van der Waals surface area contributed by atoms with E-state index in [9.17, 15) is 4.79 Å². The molecule has 1 aliphatic heterocycles. The van der Waals surface area contributed by atoms with Gasteiger partial charge in [-0.3, -0.25) is 4.79 Å². The van der Waals surface area contributed by atoms with Crippen molar-refractivity contribution in [2.75, 3.05) is 18.8 Å². The quantitative estimate of drug-likeness (QED) is 0.885. The van der Waals surface area contributed by atoms with Gasteiger partial charge < -0.3 is 15.2 Å². The summed E-state index contributed by atoms with van der Waals surface area (Å²) in [6, 6.07) is 5.75. The summed E-state index contributed by atoms with van der Waals surface area (Å²) >= 11 is 1.62. The topological polar surface area (TPSA) is 72.4 Å². The normalized spacial score (nSPS) is 16.7. The Balaban J connectivity index is 1.54. The molecule has 3 rings (SSSR count). The lowest BCUT2D eigenvalue weighted by Crippen LogP contribution is -2.36. The van der Waals surface area contributed by atoms with Crippen LogP contribution in [0, 0.1) is 0 Å². The zero-order chi connectivity index (χ0) is 14.7. The Kier molecular flexibility index (Phi) is 4.06. The Bertz CT molecular complexity index is 625. The van der Waals surface area contributed by atoms with Gasteiger partial charge in [-0.05, 0) is 30.4 Å². The van der Waals surface area contributed by atoms with E-state index in [4.69, 9.17) is 10.3 Å². The first-order valence-corrected chi connectivity index (χ1v) is 7.83. The molecule has 0 aliphatic carbocycles. The molecule has 0 unspecified atom stereocenters. The molecule has 1 fully saturated rings. The molecule has 0 saturated carbocycles. The maximum atomic E-state index is 12.1. The summed E-state index contributed by atoms with van der Waals surface area (Å²) in [6.07, 6.45) is 5.31. The van der Waals surface area contributed by atoms with E-state index in [2.05, 4.69) is 5.16 Å². The minimum atomic E-state index is 0.0708. The minimum Gasteiger partial charge on any atom is -0.368 e. The lowest BCUT2D eigenvalue weighted by atomic mass is 9.93. The molecular formula is C15H17N3O2S. The van der Waals surface area contributed by atoms with Crippen molar-refractivity contribution < 1.29 is 9.32 Å². The summed E-state index contributed by atoms with van der Waals surface area (Å²) in [4.78, 5) is 15.1. The highest BCUT2D eigenvalue weighted by Gasteiger charge is 2.24. The molecule has 2 aromatic rings. The second-order valence-electron chi connectivity index (χ2n) is 5.10. The molecule has 1 amide bonds. The lowest BCUT2D eigenvalue weighted by Gasteiger charge is -2.30. The van der Waals surface area contributed by atoms with Crippen molar-refractivity contribution in [1.82, 2.24) is 10.1 Å². The first-order chi connectivity index (χ1) is 10.2. The molecule has 5 nitrogen and oxygen atoms in total. The van der Waals surface area contributed by atoms with Crippen molar-refractivity contribution in [1.29, 1.82) is 0 Å². The van der Waals surface area contributed by atoms with E-state index in [1.807, 2.05) is 28.5 Å². The summed E-state index contributed by atoms with van der Waals surface area (Å²) in [7, 11) is 0. The predicted octanol–water partition coefficient (Wildman–Crippen LogP) is 2.74. The van der Waals surface area contributed by atoms with E-state index in [0.717, 1.165) is 36.5 Å². The molecule has 0 spiro atoms. The molecule has 1 saturated heterocycles. The van der Waals surface area contributed by atoms with Crippen LogP contribution >= 0.6 is 11.3 Å². The molecule has 0 bridgehead atoms. The average Bonchev–Trinajstić information content (AvgIpc) is 3.16. The van der Waals surface area contributed by atoms with Gasteiger partial charge in [-0.2, -0.15) is 0 Å². The van der Waals surface area contributed by atoms with E-state index in [-0.39, 0.29) is 5.91 Å². The van der Waals surface area contributed by atoms with E-state index in [1.54, 1.807) is 23.5 Å². The molecule has 6 heteroatoms. The number of amides is 1. The number of rotatable bonds is 3. The van der Waals surface area contributed by atoms with E-state index >= 15 is 0 Å². The van der Waals surface area contributed by atoms with Gasteiger partial charge >= 0.3 is 0 Å². The fourth-order valence-corrected chi connectivity index (χ4v) is 3.15. The molecule has 1 aliphatic rings. The smallest absolute Gasteiger partial charge is 0.246 e. The first kappa shape index (κ1) is 13.9. The van der Waals surface area contributed by atoms with Crippen LogP contribution in [0.3, 0.4) is 0 Å². The third kappa shape index (κ3) is 3.33. The van der Waals surface area contributed by atoms with Gasteiger partial charge in [-0.25, -0.2) is 0 Å². The highest BCUT2D eigenvalue weighted by Crippen LogP contribution is 2.28.